The minimum atomic E-state index is -1.64. The van der Waals surface area contributed by atoms with E-state index >= 15 is 0 Å². The molecular weight excluding hydrogens is 704 g/mol. The number of ether oxygens (including phenoxy) is 7. The minimum Gasteiger partial charge on any atom is -0.507 e. The van der Waals surface area contributed by atoms with E-state index in [2.05, 4.69) is 0 Å². The summed E-state index contributed by atoms with van der Waals surface area (Å²) >= 11 is 0. The summed E-state index contributed by atoms with van der Waals surface area (Å²) in [5.74, 6) is -3.58. The van der Waals surface area contributed by atoms with Crippen molar-refractivity contribution in [2.45, 2.75) is 58.6 Å². The third-order valence-electron chi connectivity index (χ3n) is 8.15. The second-order valence-electron chi connectivity index (χ2n) is 12.3. The molecule has 0 radical (unpaired) electrons. The van der Waals surface area contributed by atoms with Gasteiger partial charge in [-0.1, -0.05) is 60.7 Å². The molecular formula is C40H36O14. The first-order valence-electron chi connectivity index (χ1n) is 16.8. The Morgan fingerprint density at radius 2 is 1.33 bits per heavy atom. The summed E-state index contributed by atoms with van der Waals surface area (Å²) < 4.78 is 46.1. The van der Waals surface area contributed by atoms with Crippen LogP contribution in [-0.2, 0) is 46.5 Å². The normalized spacial score (nSPS) is 18.0. The smallest absolute Gasteiger partial charge is 0.303 e. The van der Waals surface area contributed by atoms with Crippen molar-refractivity contribution in [3.63, 3.8) is 0 Å². The number of benzene rings is 4. The maximum atomic E-state index is 14.3. The highest BCUT2D eigenvalue weighted by molar-refractivity contribution is 5.88. The minimum absolute atomic E-state index is 0.0943. The first-order valence-corrected chi connectivity index (χ1v) is 16.8. The van der Waals surface area contributed by atoms with Gasteiger partial charge >= 0.3 is 17.9 Å². The molecule has 1 aromatic heterocycles. The molecule has 14 nitrogen and oxygen atoms in total. The molecule has 0 amide bonds. The molecule has 5 aromatic rings. The van der Waals surface area contributed by atoms with Gasteiger partial charge in [-0.05, 0) is 29.3 Å². The van der Waals surface area contributed by atoms with Crippen molar-refractivity contribution in [2.75, 3.05) is 6.61 Å². The molecule has 1 saturated heterocycles. The fourth-order valence-electron chi connectivity index (χ4n) is 5.82. The molecule has 14 heteroatoms. The maximum Gasteiger partial charge on any atom is 0.303 e. The first-order chi connectivity index (χ1) is 26.0. The molecule has 0 spiro atoms. The molecule has 2 heterocycles. The van der Waals surface area contributed by atoms with Gasteiger partial charge in [0.15, 0.2) is 29.5 Å². The average Bonchev–Trinajstić information content (AvgIpc) is 3.13. The molecule has 4 atom stereocenters. The zero-order valence-electron chi connectivity index (χ0n) is 29.4. The molecule has 4 aromatic carbocycles. The second-order valence-corrected chi connectivity index (χ2v) is 12.3. The summed E-state index contributed by atoms with van der Waals surface area (Å²) in [5, 5.41) is 21.9. The highest BCUT2D eigenvalue weighted by atomic mass is 16.7. The number of carbonyl (C=O) groups is 3. The quantitative estimate of drug-likeness (QED) is 0.120. The number of rotatable bonds is 12. The van der Waals surface area contributed by atoms with Gasteiger partial charge in [0.25, 0.3) is 0 Å². The second kappa shape index (κ2) is 16.4. The number of phenolic OH excluding ortho intramolecular Hbond substituents is 2. The largest absolute Gasteiger partial charge is 0.507 e. The number of aromatic hydroxyl groups is 2. The van der Waals surface area contributed by atoms with E-state index in [1.165, 1.54) is 30.3 Å². The molecule has 0 unspecified atom stereocenters. The Morgan fingerprint density at radius 1 is 0.722 bits per heavy atom. The highest BCUT2D eigenvalue weighted by Gasteiger charge is 2.49. The summed E-state index contributed by atoms with van der Waals surface area (Å²) in [6.07, 6.45) is -5.81. The summed E-state index contributed by atoms with van der Waals surface area (Å²) in [6.45, 7) is 3.25. The van der Waals surface area contributed by atoms with Gasteiger partial charge in [0, 0.05) is 38.5 Å². The van der Waals surface area contributed by atoms with Crippen LogP contribution in [-0.4, -0.2) is 59.3 Å². The third-order valence-corrected chi connectivity index (χ3v) is 8.15. The van der Waals surface area contributed by atoms with Crippen molar-refractivity contribution in [3.05, 3.63) is 112 Å². The van der Waals surface area contributed by atoms with Gasteiger partial charge < -0.3 is 47.8 Å². The van der Waals surface area contributed by atoms with Crippen molar-refractivity contribution >= 4 is 28.9 Å². The molecule has 0 bridgehead atoms. The van der Waals surface area contributed by atoms with Crippen LogP contribution in [0.3, 0.4) is 0 Å². The maximum absolute atomic E-state index is 14.3. The molecule has 0 aliphatic carbocycles. The predicted molar refractivity (Wildman–Crippen MR) is 190 cm³/mol. The number of hydrogen-bond donors (Lipinski definition) is 2. The Morgan fingerprint density at radius 3 is 1.94 bits per heavy atom. The Labute approximate surface area is 308 Å². The topological polar surface area (TPSA) is 186 Å². The predicted octanol–water partition coefficient (Wildman–Crippen LogP) is 5.56. The van der Waals surface area contributed by atoms with Crippen molar-refractivity contribution in [1.29, 1.82) is 0 Å². The molecule has 280 valence electrons. The van der Waals surface area contributed by atoms with E-state index in [-0.39, 0.29) is 52.8 Å². The van der Waals surface area contributed by atoms with E-state index in [0.717, 1.165) is 31.9 Å². The molecule has 0 saturated carbocycles. The van der Waals surface area contributed by atoms with Gasteiger partial charge in [-0.2, -0.15) is 0 Å². The lowest BCUT2D eigenvalue weighted by atomic mass is 10.0. The highest BCUT2D eigenvalue weighted by Crippen LogP contribution is 2.40. The van der Waals surface area contributed by atoms with Crippen LogP contribution in [0.4, 0.5) is 0 Å². The Hall–Kier alpha value is -6.54. The number of fused-ring (bicyclic) bond motifs is 1. The van der Waals surface area contributed by atoms with Gasteiger partial charge in [-0.3, -0.25) is 19.2 Å². The van der Waals surface area contributed by atoms with Crippen LogP contribution >= 0.6 is 0 Å². The van der Waals surface area contributed by atoms with Crippen molar-refractivity contribution in [1.82, 2.24) is 0 Å². The van der Waals surface area contributed by atoms with Crippen molar-refractivity contribution < 1.29 is 62.2 Å². The van der Waals surface area contributed by atoms with Crippen LogP contribution < -0.4 is 19.6 Å². The van der Waals surface area contributed by atoms with E-state index in [4.69, 9.17) is 37.6 Å². The Kier molecular flexibility index (Phi) is 11.3. The van der Waals surface area contributed by atoms with Gasteiger partial charge in [-0.15, -0.1) is 0 Å². The van der Waals surface area contributed by atoms with Crippen molar-refractivity contribution in [3.8, 4) is 40.1 Å². The Balaban J connectivity index is 1.43. The number of carbonyl (C=O) groups excluding carboxylic acids is 3. The summed E-state index contributed by atoms with van der Waals surface area (Å²) in [5.41, 5.74) is 0.880. The van der Waals surface area contributed by atoms with E-state index < -0.39 is 66.0 Å². The number of phenols is 2. The van der Waals surface area contributed by atoms with Gasteiger partial charge in [-0.25, -0.2) is 0 Å². The van der Waals surface area contributed by atoms with Crippen LogP contribution in [0.2, 0.25) is 0 Å². The van der Waals surface area contributed by atoms with Gasteiger partial charge in [0.1, 0.15) is 35.7 Å². The molecule has 2 N–H and O–H groups in total. The Bertz CT molecular complexity index is 2200. The zero-order valence-corrected chi connectivity index (χ0v) is 29.4. The molecule has 1 aliphatic rings. The van der Waals surface area contributed by atoms with Gasteiger partial charge in [0.05, 0.1) is 6.61 Å². The van der Waals surface area contributed by atoms with Crippen LogP contribution in [0, 0.1) is 0 Å². The molecule has 54 heavy (non-hydrogen) atoms. The van der Waals surface area contributed by atoms with E-state index in [1.54, 1.807) is 0 Å². The lowest BCUT2D eigenvalue weighted by molar-refractivity contribution is -0.260. The van der Waals surface area contributed by atoms with Crippen LogP contribution in [0.25, 0.3) is 22.3 Å². The molecule has 6 rings (SSSR count). The standard InChI is InChI=1S/C40H36O14/c1-22(41)50-33-21-49-40(39(52-24(3)43)37(33)51-23(2)42)54-38-35(46)34-30(45)17-28(47-19-25-10-6-4-7-11-25)18-32(34)53-36(38)27-14-15-31(29(44)16-27)48-20-26-12-8-5-9-13-26/h4-18,33,37,39-40,44-45H,19-21H2,1-3H3/t33-,37-,39+,40-/m0/s1. The number of hydrogen-bond acceptors (Lipinski definition) is 14. The van der Waals surface area contributed by atoms with E-state index in [9.17, 15) is 29.4 Å². The van der Waals surface area contributed by atoms with E-state index in [0.29, 0.717) is 0 Å². The lowest BCUT2D eigenvalue weighted by Gasteiger charge is -2.40. The van der Waals surface area contributed by atoms with Crippen LogP contribution in [0.1, 0.15) is 31.9 Å². The SMILES string of the molecule is CC(=O)O[C@@H]1[C@@H](OC(C)=O)[C@H](Oc2c(-c3ccc(OCc4ccccc4)c(O)c3)oc3cc(OCc4ccccc4)cc(O)c3c2=O)OC[C@@H]1OC(C)=O. The number of esters is 3. The zero-order chi connectivity index (χ0) is 38.4. The fourth-order valence-corrected chi connectivity index (χ4v) is 5.82. The van der Waals surface area contributed by atoms with Crippen LogP contribution in [0.5, 0.6) is 28.7 Å². The van der Waals surface area contributed by atoms with E-state index in [1.807, 2.05) is 60.7 Å². The first kappa shape index (κ1) is 37.2. The lowest BCUT2D eigenvalue weighted by Crippen LogP contribution is -2.59. The summed E-state index contributed by atoms with van der Waals surface area (Å²) in [7, 11) is 0. The van der Waals surface area contributed by atoms with Gasteiger partial charge in [0.2, 0.25) is 23.6 Å². The summed E-state index contributed by atoms with van der Waals surface area (Å²) in [4.78, 5) is 50.6. The monoisotopic (exact) mass is 740 g/mol. The van der Waals surface area contributed by atoms with Crippen molar-refractivity contribution in [2.24, 2.45) is 0 Å². The third kappa shape index (κ3) is 8.73. The molecule has 1 fully saturated rings. The summed E-state index contributed by atoms with van der Waals surface area (Å²) in [6, 6.07) is 25.5. The van der Waals surface area contributed by atoms with Crippen LogP contribution in [0.15, 0.2) is 100 Å². The average molecular weight is 741 g/mol. The molecule has 1 aliphatic heterocycles. The fraction of sp³-hybridized carbons (Fsp3) is 0.250.